The summed E-state index contributed by atoms with van der Waals surface area (Å²) in [5.41, 5.74) is 3.78. The largest absolute Gasteiger partial charge is 0.497 e. The molecule has 2 N–H and O–H groups in total. The zero-order valence-corrected chi connectivity index (χ0v) is 18.3. The number of likely N-dealkylation sites (tertiary alicyclic amines) is 1. The van der Waals surface area contributed by atoms with Gasteiger partial charge in [0.2, 0.25) is 5.91 Å². The molecule has 0 spiro atoms. The number of H-pyrrole nitrogens is 1. The summed E-state index contributed by atoms with van der Waals surface area (Å²) < 4.78 is 10.9. The second-order valence-electron chi connectivity index (χ2n) is 8.84. The average Bonchev–Trinajstić information content (AvgIpc) is 3.40. The fourth-order valence-electron chi connectivity index (χ4n) is 4.76. The molecule has 164 valence electrons. The number of nitrogens with zero attached hydrogens (tertiary/aromatic N) is 1. The number of benzene rings is 1. The SMILES string of the molecule is COc1ccc2[nH]c(CN3CCC(CCC(=O)NC[C@@H]4CCCO4)CC3)c(C)c2c1. The van der Waals surface area contributed by atoms with Crippen LogP contribution in [0.25, 0.3) is 10.9 Å². The van der Waals surface area contributed by atoms with Gasteiger partial charge in [-0.25, -0.2) is 0 Å². The van der Waals surface area contributed by atoms with Crippen LogP contribution in [0.5, 0.6) is 5.75 Å². The molecule has 2 aromatic rings. The fourth-order valence-corrected chi connectivity index (χ4v) is 4.76. The van der Waals surface area contributed by atoms with Gasteiger partial charge < -0.3 is 19.8 Å². The number of aromatic amines is 1. The maximum atomic E-state index is 12.1. The molecule has 6 nitrogen and oxygen atoms in total. The molecule has 0 unspecified atom stereocenters. The molecule has 0 aliphatic carbocycles. The highest BCUT2D eigenvalue weighted by Crippen LogP contribution is 2.28. The van der Waals surface area contributed by atoms with E-state index in [2.05, 4.69) is 34.3 Å². The topological polar surface area (TPSA) is 66.6 Å². The van der Waals surface area contributed by atoms with E-state index in [-0.39, 0.29) is 12.0 Å². The first-order chi connectivity index (χ1) is 14.6. The number of piperidine rings is 1. The quantitative estimate of drug-likeness (QED) is 0.691. The van der Waals surface area contributed by atoms with Crippen molar-refractivity contribution < 1.29 is 14.3 Å². The van der Waals surface area contributed by atoms with E-state index in [9.17, 15) is 4.79 Å². The van der Waals surface area contributed by atoms with Crippen molar-refractivity contribution in [2.75, 3.05) is 33.4 Å². The number of ether oxygens (including phenoxy) is 2. The molecule has 1 amide bonds. The van der Waals surface area contributed by atoms with Crippen LogP contribution in [-0.2, 0) is 16.1 Å². The van der Waals surface area contributed by atoms with Crippen molar-refractivity contribution in [2.24, 2.45) is 5.92 Å². The Hall–Kier alpha value is -2.05. The van der Waals surface area contributed by atoms with Crippen molar-refractivity contribution in [3.8, 4) is 5.75 Å². The van der Waals surface area contributed by atoms with Crippen LogP contribution >= 0.6 is 0 Å². The van der Waals surface area contributed by atoms with Gasteiger partial charge in [0.15, 0.2) is 0 Å². The molecule has 0 saturated carbocycles. The van der Waals surface area contributed by atoms with E-state index < -0.39 is 0 Å². The number of aromatic nitrogens is 1. The lowest BCUT2D eigenvalue weighted by Crippen LogP contribution is -2.35. The average molecular weight is 414 g/mol. The summed E-state index contributed by atoms with van der Waals surface area (Å²) in [5, 5.41) is 4.29. The van der Waals surface area contributed by atoms with Gasteiger partial charge in [0.25, 0.3) is 0 Å². The Morgan fingerprint density at radius 3 is 2.87 bits per heavy atom. The minimum absolute atomic E-state index is 0.178. The van der Waals surface area contributed by atoms with Crippen molar-refractivity contribution in [1.82, 2.24) is 15.2 Å². The molecule has 2 aliphatic rings. The van der Waals surface area contributed by atoms with Crippen LogP contribution in [0.2, 0.25) is 0 Å². The van der Waals surface area contributed by atoms with Gasteiger partial charge in [-0.2, -0.15) is 0 Å². The van der Waals surface area contributed by atoms with E-state index >= 15 is 0 Å². The number of rotatable bonds is 8. The first-order valence-corrected chi connectivity index (χ1v) is 11.4. The molecule has 3 heterocycles. The van der Waals surface area contributed by atoms with Crippen molar-refractivity contribution in [3.63, 3.8) is 0 Å². The predicted octanol–water partition coefficient (Wildman–Crippen LogP) is 3.77. The molecular formula is C24H35N3O3. The third kappa shape index (κ3) is 5.16. The number of carbonyl (C=O) groups is 1. The van der Waals surface area contributed by atoms with Crippen LogP contribution in [0, 0.1) is 12.8 Å². The molecular weight excluding hydrogens is 378 g/mol. The lowest BCUT2D eigenvalue weighted by molar-refractivity contribution is -0.122. The maximum absolute atomic E-state index is 12.1. The molecule has 0 bridgehead atoms. The molecule has 2 aliphatic heterocycles. The number of amides is 1. The Bertz CT molecular complexity index is 849. The summed E-state index contributed by atoms with van der Waals surface area (Å²) >= 11 is 0. The zero-order valence-electron chi connectivity index (χ0n) is 18.3. The van der Waals surface area contributed by atoms with Crippen LogP contribution in [0.15, 0.2) is 18.2 Å². The number of carbonyl (C=O) groups excluding carboxylic acids is 1. The Kier molecular flexibility index (Phi) is 6.95. The third-order valence-electron chi connectivity index (χ3n) is 6.79. The molecule has 2 fully saturated rings. The molecule has 4 rings (SSSR count). The van der Waals surface area contributed by atoms with Crippen LogP contribution in [0.4, 0.5) is 0 Å². The summed E-state index contributed by atoms with van der Waals surface area (Å²) in [6.07, 6.45) is 6.40. The summed E-state index contributed by atoms with van der Waals surface area (Å²) in [7, 11) is 1.71. The van der Waals surface area contributed by atoms with Crippen LogP contribution in [0.3, 0.4) is 0 Å². The highest BCUT2D eigenvalue weighted by Gasteiger charge is 2.22. The minimum atomic E-state index is 0.178. The Morgan fingerprint density at radius 2 is 2.13 bits per heavy atom. The zero-order chi connectivity index (χ0) is 20.9. The maximum Gasteiger partial charge on any atom is 0.220 e. The van der Waals surface area contributed by atoms with Crippen molar-refractivity contribution in [1.29, 1.82) is 0 Å². The van der Waals surface area contributed by atoms with Crippen LogP contribution < -0.4 is 10.1 Å². The Labute approximate surface area is 179 Å². The smallest absolute Gasteiger partial charge is 0.220 e. The molecule has 1 atom stereocenters. The first-order valence-electron chi connectivity index (χ1n) is 11.4. The van der Waals surface area contributed by atoms with Gasteiger partial charge in [-0.05, 0) is 81.8 Å². The normalized spacial score (nSPS) is 20.7. The van der Waals surface area contributed by atoms with Gasteiger partial charge in [-0.3, -0.25) is 9.69 Å². The van der Waals surface area contributed by atoms with Gasteiger partial charge in [-0.1, -0.05) is 0 Å². The highest BCUT2D eigenvalue weighted by atomic mass is 16.5. The summed E-state index contributed by atoms with van der Waals surface area (Å²) in [6, 6.07) is 6.21. The van der Waals surface area contributed by atoms with Crippen molar-refractivity contribution >= 4 is 16.8 Å². The fraction of sp³-hybridized carbons (Fsp3) is 0.625. The summed E-state index contributed by atoms with van der Waals surface area (Å²) in [6.45, 7) is 6.85. The molecule has 30 heavy (non-hydrogen) atoms. The van der Waals surface area contributed by atoms with Crippen LogP contribution in [-0.4, -0.2) is 55.2 Å². The number of methoxy groups -OCH3 is 1. The monoisotopic (exact) mass is 413 g/mol. The van der Waals surface area contributed by atoms with E-state index in [1.807, 2.05) is 6.07 Å². The number of fused-ring (bicyclic) bond motifs is 1. The second kappa shape index (κ2) is 9.84. The van der Waals surface area contributed by atoms with E-state index in [1.165, 1.54) is 35.0 Å². The van der Waals surface area contributed by atoms with Crippen molar-refractivity contribution in [3.05, 3.63) is 29.5 Å². The van der Waals surface area contributed by atoms with Gasteiger partial charge in [0.1, 0.15) is 5.75 Å². The minimum Gasteiger partial charge on any atom is -0.497 e. The Morgan fingerprint density at radius 1 is 1.30 bits per heavy atom. The predicted molar refractivity (Wildman–Crippen MR) is 119 cm³/mol. The molecule has 6 heteroatoms. The third-order valence-corrected chi connectivity index (χ3v) is 6.79. The first kappa shape index (κ1) is 21.2. The molecule has 0 radical (unpaired) electrons. The van der Waals surface area contributed by atoms with Gasteiger partial charge in [0, 0.05) is 42.7 Å². The number of hydrogen-bond donors (Lipinski definition) is 2. The lowest BCUT2D eigenvalue weighted by atomic mass is 9.92. The second-order valence-corrected chi connectivity index (χ2v) is 8.84. The number of aryl methyl sites for hydroxylation is 1. The van der Waals surface area contributed by atoms with E-state index in [0.717, 1.165) is 51.3 Å². The Balaban J connectivity index is 1.20. The van der Waals surface area contributed by atoms with Gasteiger partial charge in [-0.15, -0.1) is 0 Å². The summed E-state index contributed by atoms with van der Waals surface area (Å²) in [4.78, 5) is 18.2. The van der Waals surface area contributed by atoms with E-state index in [1.54, 1.807) is 7.11 Å². The van der Waals surface area contributed by atoms with E-state index in [4.69, 9.17) is 9.47 Å². The molecule has 1 aromatic heterocycles. The van der Waals surface area contributed by atoms with Crippen LogP contribution in [0.1, 0.15) is 49.8 Å². The highest BCUT2D eigenvalue weighted by molar-refractivity contribution is 5.85. The number of nitrogens with one attached hydrogen (secondary N) is 2. The lowest BCUT2D eigenvalue weighted by Gasteiger charge is -2.31. The van der Waals surface area contributed by atoms with Crippen molar-refractivity contribution in [2.45, 2.75) is 58.1 Å². The molecule has 1 aromatic carbocycles. The standard InChI is InChI=1S/C24H35N3O3/c1-17-21-14-19(29-2)6-7-22(21)26-23(17)16-27-11-9-18(10-12-27)5-8-24(28)25-15-20-4-3-13-30-20/h6-7,14,18,20,26H,3-5,8-13,15-16H2,1-2H3,(H,25,28)/t20-/m0/s1. The van der Waals surface area contributed by atoms with Gasteiger partial charge >= 0.3 is 0 Å². The number of hydrogen-bond acceptors (Lipinski definition) is 4. The summed E-state index contributed by atoms with van der Waals surface area (Å²) in [5.74, 6) is 1.73. The van der Waals surface area contributed by atoms with E-state index in [0.29, 0.717) is 18.9 Å². The van der Waals surface area contributed by atoms with Gasteiger partial charge in [0.05, 0.1) is 13.2 Å². The molecule has 2 saturated heterocycles.